The average Bonchev–Trinajstić information content (AvgIpc) is 2.79. The van der Waals surface area contributed by atoms with Crippen LogP contribution in [-0.2, 0) is 9.59 Å². The lowest BCUT2D eigenvalue weighted by Gasteiger charge is -2.20. The van der Waals surface area contributed by atoms with Gasteiger partial charge in [-0.2, -0.15) is 0 Å². The molecule has 2 amide bonds. The van der Waals surface area contributed by atoms with Crippen LogP contribution in [0.5, 0.6) is 23.0 Å². The summed E-state index contributed by atoms with van der Waals surface area (Å²) in [4.78, 5) is 23.9. The summed E-state index contributed by atoms with van der Waals surface area (Å²) in [7, 11) is 1.53. The monoisotopic (exact) mass is 480 g/mol. The first-order valence-corrected chi connectivity index (χ1v) is 10.5. The molecular weight excluding hydrogens is 459 g/mol. The summed E-state index contributed by atoms with van der Waals surface area (Å²) in [5, 5.41) is 0.913. The van der Waals surface area contributed by atoms with E-state index in [9.17, 15) is 9.59 Å². The molecule has 1 heterocycles. The van der Waals surface area contributed by atoms with Gasteiger partial charge in [0.05, 0.1) is 18.7 Å². The number of carbonyl (C=O) groups is 2. The number of halogens is 2. The second-order valence-electron chi connectivity index (χ2n) is 6.64. The second kappa shape index (κ2) is 11.5. The highest BCUT2D eigenvalue weighted by Crippen LogP contribution is 2.40. The van der Waals surface area contributed by atoms with E-state index in [4.69, 9.17) is 42.1 Å². The molecule has 2 aromatic rings. The van der Waals surface area contributed by atoms with E-state index in [2.05, 4.69) is 10.9 Å². The van der Waals surface area contributed by atoms with Crippen LogP contribution in [0.25, 0.3) is 6.08 Å². The van der Waals surface area contributed by atoms with Crippen LogP contribution in [0.1, 0.15) is 18.4 Å². The smallest absolute Gasteiger partial charge is 0.262 e. The van der Waals surface area contributed by atoms with Crippen LogP contribution in [0.15, 0.2) is 36.4 Å². The number of rotatable bonds is 8. The Balaban J connectivity index is 1.40. The Bertz CT molecular complexity index is 995. The number of methoxy groups -OCH3 is 1. The molecule has 1 aliphatic heterocycles. The predicted octanol–water partition coefficient (Wildman–Crippen LogP) is 3.79. The van der Waals surface area contributed by atoms with Gasteiger partial charge >= 0.3 is 0 Å². The van der Waals surface area contributed by atoms with Crippen LogP contribution in [0.4, 0.5) is 0 Å². The van der Waals surface area contributed by atoms with Crippen molar-refractivity contribution < 1.29 is 28.5 Å². The maximum atomic E-state index is 12.0. The lowest BCUT2D eigenvalue weighted by atomic mass is 10.1. The van der Waals surface area contributed by atoms with Gasteiger partial charge in [-0.3, -0.25) is 20.4 Å². The fourth-order valence-electron chi connectivity index (χ4n) is 2.80. The topological polar surface area (TPSA) is 95.1 Å². The minimum Gasteiger partial charge on any atom is -0.493 e. The van der Waals surface area contributed by atoms with Gasteiger partial charge in [-0.1, -0.05) is 23.2 Å². The average molecular weight is 481 g/mol. The van der Waals surface area contributed by atoms with Gasteiger partial charge in [0.15, 0.2) is 11.5 Å². The number of hydrogen-bond donors (Lipinski definition) is 2. The van der Waals surface area contributed by atoms with Gasteiger partial charge in [0.1, 0.15) is 19.0 Å². The molecule has 0 fully saturated rings. The van der Waals surface area contributed by atoms with Gasteiger partial charge in [0.2, 0.25) is 11.7 Å². The molecule has 0 radical (unpaired) electrons. The van der Waals surface area contributed by atoms with Crippen LogP contribution in [0.2, 0.25) is 10.0 Å². The van der Waals surface area contributed by atoms with Crippen LogP contribution < -0.4 is 29.8 Å². The van der Waals surface area contributed by atoms with E-state index in [1.165, 1.54) is 13.2 Å². The third-order valence-electron chi connectivity index (χ3n) is 4.30. The lowest BCUT2D eigenvalue weighted by Crippen LogP contribution is -2.40. The number of benzene rings is 2. The van der Waals surface area contributed by atoms with E-state index in [0.717, 1.165) is 0 Å². The lowest BCUT2D eigenvalue weighted by molar-refractivity contribution is -0.126. The zero-order valence-corrected chi connectivity index (χ0v) is 18.8. The predicted molar refractivity (Wildman–Crippen MR) is 120 cm³/mol. The molecule has 0 bridgehead atoms. The number of ether oxygens (including phenoxy) is 4. The number of amides is 2. The molecule has 0 aliphatic carbocycles. The van der Waals surface area contributed by atoms with Crippen molar-refractivity contribution >= 4 is 41.1 Å². The van der Waals surface area contributed by atoms with Crippen molar-refractivity contribution in [2.75, 3.05) is 26.9 Å². The minimum atomic E-state index is -0.489. The summed E-state index contributed by atoms with van der Waals surface area (Å²) < 4.78 is 21.9. The molecule has 0 aromatic heterocycles. The third kappa shape index (κ3) is 6.70. The summed E-state index contributed by atoms with van der Waals surface area (Å²) in [5.74, 6) is 1.25. The first-order chi connectivity index (χ1) is 15.5. The van der Waals surface area contributed by atoms with Crippen LogP contribution in [0.3, 0.4) is 0 Å². The van der Waals surface area contributed by atoms with Crippen molar-refractivity contribution in [3.8, 4) is 23.0 Å². The molecular formula is C22H22Cl2N2O6. The Kier molecular flexibility index (Phi) is 8.47. The fraction of sp³-hybridized carbons (Fsp3) is 0.273. The van der Waals surface area contributed by atoms with Crippen molar-refractivity contribution in [3.05, 3.63) is 52.0 Å². The van der Waals surface area contributed by atoms with E-state index in [1.54, 1.807) is 36.4 Å². The molecule has 32 heavy (non-hydrogen) atoms. The van der Waals surface area contributed by atoms with Crippen LogP contribution in [-0.4, -0.2) is 38.7 Å². The molecule has 0 spiro atoms. The first kappa shape index (κ1) is 23.6. The number of fused-ring (bicyclic) bond motifs is 1. The van der Waals surface area contributed by atoms with E-state index >= 15 is 0 Å². The van der Waals surface area contributed by atoms with Crippen LogP contribution in [0, 0.1) is 0 Å². The molecule has 0 saturated carbocycles. The maximum Gasteiger partial charge on any atom is 0.262 e. The summed E-state index contributed by atoms with van der Waals surface area (Å²) in [6, 6.07) is 8.37. The van der Waals surface area contributed by atoms with Gasteiger partial charge in [-0.15, -0.1) is 0 Å². The zero-order chi connectivity index (χ0) is 22.9. The van der Waals surface area contributed by atoms with Gasteiger partial charge in [-0.05, 0) is 48.4 Å². The Morgan fingerprint density at radius 1 is 1.09 bits per heavy atom. The fourth-order valence-corrected chi connectivity index (χ4v) is 3.27. The summed E-state index contributed by atoms with van der Waals surface area (Å²) in [6.07, 6.45) is 3.46. The minimum absolute atomic E-state index is 0.161. The number of hydrazine groups is 1. The Labute approximate surface area is 195 Å². The van der Waals surface area contributed by atoms with E-state index in [-0.39, 0.29) is 18.9 Å². The molecule has 8 nitrogen and oxygen atoms in total. The normalized spacial score (nSPS) is 12.3. The molecule has 10 heteroatoms. The molecule has 0 atom stereocenters. The van der Waals surface area contributed by atoms with Crippen molar-refractivity contribution in [1.82, 2.24) is 10.9 Å². The van der Waals surface area contributed by atoms with Crippen molar-refractivity contribution in [2.24, 2.45) is 0 Å². The van der Waals surface area contributed by atoms with Gasteiger partial charge in [-0.25, -0.2) is 0 Å². The third-order valence-corrected chi connectivity index (χ3v) is 4.83. The van der Waals surface area contributed by atoms with Crippen molar-refractivity contribution in [1.29, 1.82) is 0 Å². The number of carbonyl (C=O) groups excluding carboxylic acids is 2. The molecule has 3 rings (SSSR count). The standard InChI is InChI=1S/C22H22Cl2N2O6/c1-29-18-11-14(12-19-22(18)32-10-9-31-19)4-7-21(28)26-25-20(27)3-2-8-30-17-6-5-15(23)13-16(17)24/h4-7,11-13H,2-3,8-10H2,1H3,(H,25,27)(H,26,28)/b7-4+. The first-order valence-electron chi connectivity index (χ1n) is 9.78. The molecule has 2 aromatic carbocycles. The zero-order valence-electron chi connectivity index (χ0n) is 17.3. The molecule has 2 N–H and O–H groups in total. The molecule has 1 aliphatic rings. The highest BCUT2D eigenvalue weighted by atomic mass is 35.5. The Hall–Kier alpha value is -3.10. The van der Waals surface area contributed by atoms with Crippen LogP contribution >= 0.6 is 23.2 Å². The van der Waals surface area contributed by atoms with Crippen molar-refractivity contribution in [2.45, 2.75) is 12.8 Å². The van der Waals surface area contributed by atoms with Gasteiger partial charge in [0.25, 0.3) is 5.91 Å². The van der Waals surface area contributed by atoms with Gasteiger partial charge in [0, 0.05) is 17.5 Å². The second-order valence-corrected chi connectivity index (χ2v) is 7.49. The summed E-state index contributed by atoms with van der Waals surface area (Å²) in [6.45, 7) is 1.17. The Morgan fingerprint density at radius 3 is 2.69 bits per heavy atom. The largest absolute Gasteiger partial charge is 0.493 e. The molecule has 170 valence electrons. The van der Waals surface area contributed by atoms with Crippen molar-refractivity contribution in [3.63, 3.8) is 0 Å². The van der Waals surface area contributed by atoms with E-state index in [0.29, 0.717) is 58.2 Å². The number of nitrogens with one attached hydrogen (secondary N) is 2. The highest BCUT2D eigenvalue weighted by Gasteiger charge is 2.17. The van der Waals surface area contributed by atoms with E-state index in [1.807, 2.05) is 0 Å². The maximum absolute atomic E-state index is 12.0. The highest BCUT2D eigenvalue weighted by molar-refractivity contribution is 6.35. The number of hydrogen-bond acceptors (Lipinski definition) is 6. The van der Waals surface area contributed by atoms with E-state index < -0.39 is 5.91 Å². The SMILES string of the molecule is COc1cc(/C=C/C(=O)NNC(=O)CCCOc2ccc(Cl)cc2Cl)cc2c1OCCO2. The van der Waals surface area contributed by atoms with Gasteiger partial charge < -0.3 is 18.9 Å². The quantitative estimate of drug-likeness (QED) is 0.339. The molecule has 0 unspecified atom stereocenters. The summed E-state index contributed by atoms with van der Waals surface area (Å²) in [5.41, 5.74) is 5.36. The summed E-state index contributed by atoms with van der Waals surface area (Å²) >= 11 is 11.8. The molecule has 0 saturated heterocycles. The Morgan fingerprint density at radius 2 is 1.91 bits per heavy atom.